The van der Waals surface area contributed by atoms with Crippen LogP contribution in [-0.2, 0) is 11.2 Å². The Morgan fingerprint density at radius 1 is 1.00 bits per heavy atom. The van der Waals surface area contributed by atoms with Gasteiger partial charge < -0.3 is 16.0 Å². The van der Waals surface area contributed by atoms with Crippen LogP contribution in [-0.4, -0.2) is 22.7 Å². The lowest BCUT2D eigenvalue weighted by Crippen LogP contribution is -2.37. The summed E-state index contributed by atoms with van der Waals surface area (Å²) in [5, 5.41) is 4.24. The first-order chi connectivity index (χ1) is 14.5. The van der Waals surface area contributed by atoms with Gasteiger partial charge in [0.25, 0.3) is 0 Å². The fraction of sp³-hybridized carbons (Fsp3) is 0.0833. The molecule has 0 aliphatic rings. The van der Waals surface area contributed by atoms with Gasteiger partial charge in [-0.25, -0.2) is 0 Å². The van der Waals surface area contributed by atoms with Gasteiger partial charge in [-0.2, -0.15) is 0 Å². The number of ketones is 1. The van der Waals surface area contributed by atoms with Crippen LogP contribution < -0.4 is 11.1 Å². The zero-order chi connectivity index (χ0) is 21.1. The number of halogens is 1. The van der Waals surface area contributed by atoms with Crippen molar-refractivity contribution in [2.45, 2.75) is 12.5 Å². The highest BCUT2D eigenvalue weighted by atomic mass is 35.5. The Hall–Kier alpha value is -3.41. The number of para-hydroxylation sites is 1. The number of aromatic amines is 1. The van der Waals surface area contributed by atoms with Crippen molar-refractivity contribution in [3.8, 4) is 0 Å². The highest BCUT2D eigenvalue weighted by Crippen LogP contribution is 2.24. The normalized spacial score (nSPS) is 11.9. The number of nitrogens with one attached hydrogen (secondary N) is 2. The molecular weight excluding hydrogens is 398 g/mol. The van der Waals surface area contributed by atoms with Gasteiger partial charge >= 0.3 is 0 Å². The topological polar surface area (TPSA) is 88.0 Å². The molecule has 0 bridgehead atoms. The van der Waals surface area contributed by atoms with Crippen molar-refractivity contribution in [2.24, 2.45) is 5.73 Å². The number of hydrogen-bond donors (Lipinski definition) is 3. The number of hydrogen-bond acceptors (Lipinski definition) is 3. The van der Waals surface area contributed by atoms with Crippen LogP contribution in [0.5, 0.6) is 0 Å². The number of fused-ring (bicyclic) bond motifs is 1. The number of H-pyrrole nitrogens is 1. The molecule has 1 aromatic heterocycles. The maximum atomic E-state index is 12.9. The highest BCUT2D eigenvalue weighted by Gasteiger charge is 2.20. The molecule has 1 heterocycles. The van der Waals surface area contributed by atoms with Crippen LogP contribution in [0.15, 0.2) is 79.0 Å². The van der Waals surface area contributed by atoms with Crippen LogP contribution in [0, 0.1) is 0 Å². The Labute approximate surface area is 178 Å². The van der Waals surface area contributed by atoms with Crippen molar-refractivity contribution < 1.29 is 9.59 Å². The minimum Gasteiger partial charge on any atom is -0.361 e. The summed E-state index contributed by atoms with van der Waals surface area (Å²) in [5.41, 5.74) is 9.35. The van der Waals surface area contributed by atoms with Crippen molar-refractivity contribution in [3.05, 3.63) is 101 Å². The highest BCUT2D eigenvalue weighted by molar-refractivity contribution is 6.31. The summed E-state index contributed by atoms with van der Waals surface area (Å²) in [5.74, 6) is -0.594. The first-order valence-electron chi connectivity index (χ1n) is 9.53. The standard InChI is InChI=1S/C24H20ClN3O2/c25-17-10-11-22(19(13-17)23(29)15-6-2-1-3-7-15)28-24(30)20(26)12-16-14-27-21-9-5-4-8-18(16)21/h1-11,13-14,20,27H,12,26H2,(H,28,30). The van der Waals surface area contributed by atoms with Gasteiger partial charge in [0.1, 0.15) is 0 Å². The summed E-state index contributed by atoms with van der Waals surface area (Å²) in [4.78, 5) is 28.9. The third-order valence-corrected chi connectivity index (χ3v) is 5.21. The Bertz CT molecular complexity index is 1220. The van der Waals surface area contributed by atoms with E-state index in [-0.39, 0.29) is 11.7 Å². The Morgan fingerprint density at radius 3 is 2.53 bits per heavy atom. The van der Waals surface area contributed by atoms with Crippen LogP contribution >= 0.6 is 11.6 Å². The number of carbonyl (C=O) groups excluding carboxylic acids is 2. The number of aromatic nitrogens is 1. The summed E-state index contributed by atoms with van der Waals surface area (Å²) in [6, 6.07) is 20.7. The molecule has 0 fully saturated rings. The third kappa shape index (κ3) is 4.13. The Kier molecular flexibility index (Phi) is 5.65. The summed E-state index contributed by atoms with van der Waals surface area (Å²) in [7, 11) is 0. The molecular formula is C24H20ClN3O2. The number of anilines is 1. The van der Waals surface area contributed by atoms with E-state index < -0.39 is 6.04 Å². The van der Waals surface area contributed by atoms with Gasteiger partial charge in [-0.3, -0.25) is 9.59 Å². The summed E-state index contributed by atoms with van der Waals surface area (Å²) >= 11 is 6.10. The lowest BCUT2D eigenvalue weighted by Gasteiger charge is -2.15. The second-order valence-corrected chi connectivity index (χ2v) is 7.48. The zero-order valence-corrected chi connectivity index (χ0v) is 16.8. The van der Waals surface area contributed by atoms with Crippen molar-refractivity contribution in [1.29, 1.82) is 0 Å². The lowest BCUT2D eigenvalue weighted by atomic mass is 10.0. The number of rotatable bonds is 6. The molecule has 0 spiro atoms. The second-order valence-electron chi connectivity index (χ2n) is 7.04. The summed E-state index contributed by atoms with van der Waals surface area (Å²) < 4.78 is 0. The molecule has 30 heavy (non-hydrogen) atoms. The van der Waals surface area contributed by atoms with E-state index in [1.165, 1.54) is 0 Å². The summed E-state index contributed by atoms with van der Waals surface area (Å²) in [6.07, 6.45) is 2.23. The second kappa shape index (κ2) is 8.53. The quantitative estimate of drug-likeness (QED) is 0.402. The zero-order valence-electron chi connectivity index (χ0n) is 16.1. The van der Waals surface area contributed by atoms with E-state index in [9.17, 15) is 9.59 Å². The molecule has 150 valence electrons. The van der Waals surface area contributed by atoms with Crippen molar-refractivity contribution >= 4 is 39.9 Å². The fourth-order valence-electron chi connectivity index (χ4n) is 3.41. The maximum absolute atomic E-state index is 12.9. The molecule has 1 unspecified atom stereocenters. The number of benzene rings is 3. The number of nitrogens with two attached hydrogens (primary N) is 1. The van der Waals surface area contributed by atoms with E-state index in [4.69, 9.17) is 17.3 Å². The monoisotopic (exact) mass is 417 g/mol. The minimum atomic E-state index is -0.778. The van der Waals surface area contributed by atoms with E-state index >= 15 is 0 Å². The van der Waals surface area contributed by atoms with E-state index in [1.54, 1.807) is 42.5 Å². The first-order valence-corrected chi connectivity index (χ1v) is 9.91. The van der Waals surface area contributed by atoms with Crippen LogP contribution in [0.3, 0.4) is 0 Å². The molecule has 4 N–H and O–H groups in total. The van der Waals surface area contributed by atoms with Crippen molar-refractivity contribution in [1.82, 2.24) is 4.98 Å². The predicted molar refractivity (Wildman–Crippen MR) is 120 cm³/mol. The Balaban J connectivity index is 1.55. The fourth-order valence-corrected chi connectivity index (χ4v) is 3.59. The molecule has 5 nitrogen and oxygen atoms in total. The van der Waals surface area contributed by atoms with Crippen molar-refractivity contribution in [3.63, 3.8) is 0 Å². The van der Waals surface area contributed by atoms with Gasteiger partial charge in [0.2, 0.25) is 5.91 Å². The van der Waals surface area contributed by atoms with Gasteiger partial charge in [-0.1, -0.05) is 60.1 Å². The first kappa shape index (κ1) is 19.9. The van der Waals surface area contributed by atoms with E-state index in [0.717, 1.165) is 16.5 Å². The molecule has 0 saturated carbocycles. The van der Waals surface area contributed by atoms with Crippen LogP contribution in [0.4, 0.5) is 5.69 Å². The van der Waals surface area contributed by atoms with Gasteiger partial charge in [0.05, 0.1) is 11.7 Å². The number of carbonyl (C=O) groups is 2. The molecule has 6 heteroatoms. The largest absolute Gasteiger partial charge is 0.361 e. The molecule has 0 aliphatic heterocycles. The Morgan fingerprint density at radius 2 is 1.73 bits per heavy atom. The molecule has 0 aliphatic carbocycles. The third-order valence-electron chi connectivity index (χ3n) is 4.97. The lowest BCUT2D eigenvalue weighted by molar-refractivity contribution is -0.117. The van der Waals surface area contributed by atoms with E-state index in [1.807, 2.05) is 36.5 Å². The molecule has 0 saturated heterocycles. The van der Waals surface area contributed by atoms with Crippen molar-refractivity contribution in [2.75, 3.05) is 5.32 Å². The molecule has 0 radical (unpaired) electrons. The molecule has 3 aromatic carbocycles. The van der Waals surface area contributed by atoms with Crippen LogP contribution in [0.1, 0.15) is 21.5 Å². The van der Waals surface area contributed by atoms with Gasteiger partial charge in [0.15, 0.2) is 5.78 Å². The molecule has 1 amide bonds. The summed E-state index contributed by atoms with van der Waals surface area (Å²) in [6.45, 7) is 0. The van der Waals surface area contributed by atoms with Crippen LogP contribution in [0.2, 0.25) is 5.02 Å². The van der Waals surface area contributed by atoms with Gasteiger partial charge in [-0.05, 0) is 36.2 Å². The SMILES string of the molecule is NC(Cc1c[nH]c2ccccc12)C(=O)Nc1ccc(Cl)cc1C(=O)c1ccccc1. The average Bonchev–Trinajstić information content (AvgIpc) is 3.18. The van der Waals surface area contributed by atoms with Gasteiger partial charge in [-0.15, -0.1) is 0 Å². The minimum absolute atomic E-state index is 0.224. The van der Waals surface area contributed by atoms with E-state index in [2.05, 4.69) is 10.3 Å². The number of amides is 1. The van der Waals surface area contributed by atoms with Crippen LogP contribution in [0.25, 0.3) is 10.9 Å². The maximum Gasteiger partial charge on any atom is 0.241 e. The van der Waals surface area contributed by atoms with Gasteiger partial charge in [0, 0.05) is 33.2 Å². The molecule has 4 rings (SSSR count). The van der Waals surface area contributed by atoms with E-state index in [0.29, 0.717) is 28.3 Å². The molecule has 4 aromatic rings. The molecule has 1 atom stereocenters. The average molecular weight is 418 g/mol. The predicted octanol–water partition coefficient (Wildman–Crippen LogP) is 4.56. The smallest absolute Gasteiger partial charge is 0.241 e.